The molecule has 1 aromatic heterocycles. The average Bonchev–Trinajstić information content (AvgIpc) is 3.09. The van der Waals surface area contributed by atoms with E-state index >= 15 is 0 Å². The second-order valence-electron chi connectivity index (χ2n) is 5.89. The summed E-state index contributed by atoms with van der Waals surface area (Å²) in [5.41, 5.74) is 2.85. The second-order valence-corrected chi connectivity index (χ2v) is 6.73. The number of hydrogen-bond donors (Lipinski definition) is 1. The van der Waals surface area contributed by atoms with E-state index < -0.39 is 0 Å². The lowest BCUT2D eigenvalue weighted by molar-refractivity contribution is -0.121. The highest BCUT2D eigenvalue weighted by Crippen LogP contribution is 2.21. The van der Waals surface area contributed by atoms with Crippen LogP contribution >= 0.6 is 23.2 Å². The maximum atomic E-state index is 12.0. The van der Waals surface area contributed by atoms with Gasteiger partial charge in [0.15, 0.2) is 0 Å². The molecule has 134 valence electrons. The van der Waals surface area contributed by atoms with Gasteiger partial charge in [0, 0.05) is 35.0 Å². The van der Waals surface area contributed by atoms with Crippen LogP contribution in [0.2, 0.25) is 10.0 Å². The fourth-order valence-corrected chi connectivity index (χ4v) is 2.82. The van der Waals surface area contributed by atoms with Crippen LogP contribution in [0, 0.1) is 6.92 Å². The number of halogens is 2. The van der Waals surface area contributed by atoms with Crippen LogP contribution in [0.4, 0.5) is 0 Å². The fraction of sp³-hybridized carbons (Fsp3) is 0.211. The number of carbonyl (C=O) groups excluding carboxylic acids is 1. The van der Waals surface area contributed by atoms with Crippen molar-refractivity contribution in [2.24, 2.45) is 0 Å². The summed E-state index contributed by atoms with van der Waals surface area (Å²) >= 11 is 11.9. The van der Waals surface area contributed by atoms with Crippen LogP contribution in [0.1, 0.15) is 23.4 Å². The molecule has 0 saturated heterocycles. The maximum absolute atomic E-state index is 12.0. The van der Waals surface area contributed by atoms with Gasteiger partial charge in [-0.2, -0.15) is 4.98 Å². The summed E-state index contributed by atoms with van der Waals surface area (Å²) in [5, 5.41) is 7.86. The van der Waals surface area contributed by atoms with Gasteiger partial charge in [-0.1, -0.05) is 64.3 Å². The van der Waals surface area contributed by atoms with Crippen LogP contribution in [0.15, 0.2) is 47.0 Å². The molecule has 0 spiro atoms. The van der Waals surface area contributed by atoms with Gasteiger partial charge in [0.05, 0.1) is 0 Å². The molecule has 2 aromatic carbocycles. The molecular formula is C19H17Cl2N3O2. The van der Waals surface area contributed by atoms with Crippen molar-refractivity contribution >= 4 is 29.1 Å². The Morgan fingerprint density at radius 1 is 1.15 bits per heavy atom. The van der Waals surface area contributed by atoms with Gasteiger partial charge in [0.2, 0.25) is 17.6 Å². The van der Waals surface area contributed by atoms with Gasteiger partial charge in [-0.05, 0) is 24.6 Å². The summed E-state index contributed by atoms with van der Waals surface area (Å²) in [5.74, 6) is 0.833. The van der Waals surface area contributed by atoms with E-state index in [1.54, 1.807) is 18.2 Å². The molecule has 1 heterocycles. The number of nitrogens with zero attached hydrogens (tertiary/aromatic N) is 2. The zero-order valence-corrected chi connectivity index (χ0v) is 15.6. The zero-order valence-electron chi connectivity index (χ0n) is 14.1. The predicted octanol–water partition coefficient (Wildman–Crippen LogP) is 4.60. The first-order chi connectivity index (χ1) is 12.5. The number of hydrogen-bond acceptors (Lipinski definition) is 4. The average molecular weight is 390 g/mol. The van der Waals surface area contributed by atoms with E-state index in [0.717, 1.165) is 16.7 Å². The summed E-state index contributed by atoms with van der Waals surface area (Å²) in [7, 11) is 0. The van der Waals surface area contributed by atoms with Crippen molar-refractivity contribution < 1.29 is 9.32 Å². The Balaban J connectivity index is 1.51. The molecule has 0 unspecified atom stereocenters. The molecule has 3 aromatic rings. The van der Waals surface area contributed by atoms with Crippen LogP contribution in [0.25, 0.3) is 11.4 Å². The van der Waals surface area contributed by atoms with Crippen molar-refractivity contribution in [3.8, 4) is 11.4 Å². The lowest BCUT2D eigenvalue weighted by atomic mass is 10.1. The largest absolute Gasteiger partial charge is 0.352 e. The molecule has 1 N–H and O–H groups in total. The third-order valence-corrected chi connectivity index (χ3v) is 4.42. The normalized spacial score (nSPS) is 10.7. The van der Waals surface area contributed by atoms with E-state index in [1.807, 2.05) is 31.2 Å². The molecule has 7 heteroatoms. The summed E-state index contributed by atoms with van der Waals surface area (Å²) in [4.78, 5) is 16.3. The molecule has 5 nitrogen and oxygen atoms in total. The van der Waals surface area contributed by atoms with Crippen molar-refractivity contribution in [1.29, 1.82) is 0 Å². The van der Waals surface area contributed by atoms with Crippen LogP contribution in [0.5, 0.6) is 0 Å². The highest BCUT2D eigenvalue weighted by atomic mass is 35.5. The monoisotopic (exact) mass is 389 g/mol. The number of rotatable bonds is 6. The van der Waals surface area contributed by atoms with E-state index in [2.05, 4.69) is 15.5 Å². The van der Waals surface area contributed by atoms with Crippen molar-refractivity contribution in [1.82, 2.24) is 15.5 Å². The Kier molecular flexibility index (Phi) is 5.91. The van der Waals surface area contributed by atoms with Crippen LogP contribution < -0.4 is 5.32 Å². The number of benzene rings is 2. The summed E-state index contributed by atoms with van der Waals surface area (Å²) < 4.78 is 5.22. The summed E-state index contributed by atoms with van der Waals surface area (Å²) in [6.07, 6.45) is 0.625. The van der Waals surface area contributed by atoms with E-state index in [-0.39, 0.29) is 12.3 Å². The number of amides is 1. The molecule has 26 heavy (non-hydrogen) atoms. The minimum absolute atomic E-state index is 0.119. The van der Waals surface area contributed by atoms with Gasteiger partial charge in [-0.15, -0.1) is 0 Å². The molecular weight excluding hydrogens is 373 g/mol. The lowest BCUT2D eigenvalue weighted by Gasteiger charge is -2.06. The summed E-state index contributed by atoms with van der Waals surface area (Å²) in [6, 6.07) is 13.0. The quantitative estimate of drug-likeness (QED) is 0.668. The topological polar surface area (TPSA) is 68.0 Å². The molecule has 0 atom stereocenters. The van der Waals surface area contributed by atoms with E-state index in [4.69, 9.17) is 27.7 Å². The van der Waals surface area contributed by atoms with E-state index in [1.165, 1.54) is 0 Å². The van der Waals surface area contributed by atoms with Gasteiger partial charge in [0.1, 0.15) is 0 Å². The van der Waals surface area contributed by atoms with E-state index in [9.17, 15) is 4.79 Å². The predicted molar refractivity (Wildman–Crippen MR) is 101 cm³/mol. The van der Waals surface area contributed by atoms with Gasteiger partial charge in [-0.3, -0.25) is 4.79 Å². The Bertz CT molecular complexity index is 907. The third kappa shape index (κ3) is 4.84. The van der Waals surface area contributed by atoms with Gasteiger partial charge >= 0.3 is 0 Å². The van der Waals surface area contributed by atoms with Crippen LogP contribution in [0.3, 0.4) is 0 Å². The van der Waals surface area contributed by atoms with Crippen LogP contribution in [-0.2, 0) is 17.8 Å². The first kappa shape index (κ1) is 18.4. The van der Waals surface area contributed by atoms with Gasteiger partial charge in [-0.25, -0.2) is 0 Å². The number of carbonyl (C=O) groups is 1. The number of aryl methyl sites for hydroxylation is 2. The summed E-state index contributed by atoms with van der Waals surface area (Å²) in [6.45, 7) is 2.36. The van der Waals surface area contributed by atoms with Gasteiger partial charge in [0.25, 0.3) is 0 Å². The Morgan fingerprint density at radius 3 is 2.65 bits per heavy atom. The Labute approximate surface area is 161 Å². The Morgan fingerprint density at radius 2 is 1.92 bits per heavy atom. The molecule has 0 bridgehead atoms. The number of nitrogens with one attached hydrogen (secondary N) is 1. The van der Waals surface area contributed by atoms with Gasteiger partial charge < -0.3 is 9.84 Å². The van der Waals surface area contributed by atoms with Crippen molar-refractivity contribution in [3.63, 3.8) is 0 Å². The lowest BCUT2D eigenvalue weighted by Crippen LogP contribution is -2.23. The molecule has 3 rings (SSSR count). The first-order valence-corrected chi connectivity index (χ1v) is 8.87. The molecule has 0 aliphatic rings. The number of aromatic nitrogens is 2. The maximum Gasteiger partial charge on any atom is 0.227 e. The van der Waals surface area contributed by atoms with Crippen molar-refractivity contribution in [2.45, 2.75) is 26.3 Å². The minimum Gasteiger partial charge on any atom is -0.352 e. The molecule has 0 saturated carbocycles. The second kappa shape index (κ2) is 8.34. The zero-order chi connectivity index (χ0) is 18.5. The first-order valence-electron chi connectivity index (χ1n) is 8.11. The Hall–Kier alpha value is -2.37. The smallest absolute Gasteiger partial charge is 0.227 e. The minimum atomic E-state index is -0.119. The molecule has 1 amide bonds. The molecule has 0 radical (unpaired) electrons. The molecule has 0 aliphatic heterocycles. The highest BCUT2D eigenvalue weighted by Gasteiger charge is 2.11. The standard InChI is InChI=1S/C19H17Cl2N3O2/c1-12-2-4-13(5-3-12)19-23-18(26-24-19)9-8-17(25)22-11-14-6-7-15(20)10-16(14)21/h2-7,10H,8-9,11H2,1H3,(H,22,25). The SMILES string of the molecule is Cc1ccc(-c2noc(CCC(=O)NCc3ccc(Cl)cc3Cl)n2)cc1. The third-order valence-electron chi connectivity index (χ3n) is 3.83. The van der Waals surface area contributed by atoms with Crippen LogP contribution in [-0.4, -0.2) is 16.0 Å². The highest BCUT2D eigenvalue weighted by molar-refractivity contribution is 6.35. The molecule has 0 fully saturated rings. The fourth-order valence-electron chi connectivity index (χ4n) is 2.34. The van der Waals surface area contributed by atoms with Crippen molar-refractivity contribution in [2.75, 3.05) is 0 Å². The molecule has 0 aliphatic carbocycles. The van der Waals surface area contributed by atoms with Crippen molar-refractivity contribution in [3.05, 3.63) is 69.5 Å². The van der Waals surface area contributed by atoms with E-state index in [0.29, 0.717) is 34.7 Å².